The van der Waals surface area contributed by atoms with E-state index in [1.165, 1.54) is 6.20 Å². The summed E-state index contributed by atoms with van der Waals surface area (Å²) in [7, 11) is 0. The SMILES string of the molecule is Cc1csc(CNc2nc(Cl)ncc2Cl)n1. The maximum absolute atomic E-state index is 5.90. The van der Waals surface area contributed by atoms with E-state index in [4.69, 9.17) is 23.2 Å². The number of halogens is 2. The van der Waals surface area contributed by atoms with Gasteiger partial charge in [-0.15, -0.1) is 11.3 Å². The first kappa shape index (κ1) is 11.6. The van der Waals surface area contributed by atoms with Crippen LogP contribution < -0.4 is 5.32 Å². The van der Waals surface area contributed by atoms with Crippen molar-refractivity contribution in [2.45, 2.75) is 13.5 Å². The van der Waals surface area contributed by atoms with Crippen LogP contribution >= 0.6 is 34.5 Å². The van der Waals surface area contributed by atoms with Gasteiger partial charge in [-0.05, 0) is 18.5 Å². The van der Waals surface area contributed by atoms with Crippen molar-refractivity contribution < 1.29 is 0 Å². The summed E-state index contributed by atoms with van der Waals surface area (Å²) < 4.78 is 0. The van der Waals surface area contributed by atoms with E-state index < -0.39 is 0 Å². The summed E-state index contributed by atoms with van der Waals surface area (Å²) in [5, 5.41) is 6.64. The second-order valence-electron chi connectivity index (χ2n) is 3.07. The summed E-state index contributed by atoms with van der Waals surface area (Å²) in [6.07, 6.45) is 1.46. The number of thiazole rings is 1. The van der Waals surface area contributed by atoms with E-state index in [1.807, 2.05) is 12.3 Å². The van der Waals surface area contributed by atoms with E-state index in [-0.39, 0.29) is 5.28 Å². The zero-order valence-corrected chi connectivity index (χ0v) is 10.7. The Bertz CT molecular complexity index is 500. The highest BCUT2D eigenvalue weighted by atomic mass is 35.5. The van der Waals surface area contributed by atoms with Crippen LogP contribution in [0.5, 0.6) is 0 Å². The predicted molar refractivity (Wildman–Crippen MR) is 66.2 cm³/mol. The zero-order valence-electron chi connectivity index (χ0n) is 8.37. The van der Waals surface area contributed by atoms with Crippen LogP contribution in [0.2, 0.25) is 10.3 Å². The second-order valence-corrected chi connectivity index (χ2v) is 4.76. The van der Waals surface area contributed by atoms with Crippen LogP contribution in [0, 0.1) is 6.92 Å². The van der Waals surface area contributed by atoms with Gasteiger partial charge in [0.15, 0.2) is 0 Å². The minimum Gasteiger partial charge on any atom is -0.362 e. The molecule has 0 amide bonds. The van der Waals surface area contributed by atoms with Crippen molar-refractivity contribution in [3.05, 3.63) is 32.6 Å². The fraction of sp³-hybridized carbons (Fsp3) is 0.222. The van der Waals surface area contributed by atoms with Crippen molar-refractivity contribution in [2.75, 3.05) is 5.32 Å². The molecule has 2 aromatic heterocycles. The Labute approximate surface area is 107 Å². The highest BCUT2D eigenvalue weighted by Crippen LogP contribution is 2.20. The highest BCUT2D eigenvalue weighted by molar-refractivity contribution is 7.09. The number of hydrogen-bond acceptors (Lipinski definition) is 5. The van der Waals surface area contributed by atoms with Gasteiger partial charge in [0.2, 0.25) is 5.28 Å². The fourth-order valence-electron chi connectivity index (χ4n) is 1.11. The quantitative estimate of drug-likeness (QED) is 0.874. The number of aryl methyl sites for hydroxylation is 1. The molecule has 0 aromatic carbocycles. The van der Waals surface area contributed by atoms with Crippen molar-refractivity contribution in [1.82, 2.24) is 15.0 Å². The van der Waals surface area contributed by atoms with Crippen LogP contribution in [-0.4, -0.2) is 15.0 Å². The van der Waals surface area contributed by atoms with Crippen LogP contribution in [0.25, 0.3) is 0 Å². The van der Waals surface area contributed by atoms with Crippen molar-refractivity contribution >= 4 is 40.4 Å². The summed E-state index contributed by atoms with van der Waals surface area (Å²) >= 11 is 13.2. The number of rotatable bonds is 3. The van der Waals surface area contributed by atoms with E-state index in [1.54, 1.807) is 11.3 Å². The van der Waals surface area contributed by atoms with Crippen molar-refractivity contribution in [1.29, 1.82) is 0 Å². The molecule has 0 aliphatic carbocycles. The average molecular weight is 275 g/mol. The Morgan fingerprint density at radius 1 is 1.38 bits per heavy atom. The van der Waals surface area contributed by atoms with Gasteiger partial charge in [-0.1, -0.05) is 11.6 Å². The molecule has 0 aliphatic rings. The molecule has 0 bridgehead atoms. The summed E-state index contributed by atoms with van der Waals surface area (Å²) in [4.78, 5) is 12.1. The number of anilines is 1. The Morgan fingerprint density at radius 2 is 2.19 bits per heavy atom. The van der Waals surface area contributed by atoms with Gasteiger partial charge in [0.1, 0.15) is 15.8 Å². The van der Waals surface area contributed by atoms with Crippen LogP contribution in [0.1, 0.15) is 10.7 Å². The lowest BCUT2D eigenvalue weighted by Gasteiger charge is -2.04. The average Bonchev–Trinajstić information content (AvgIpc) is 2.66. The van der Waals surface area contributed by atoms with Gasteiger partial charge < -0.3 is 5.32 Å². The first-order valence-electron chi connectivity index (χ1n) is 4.48. The van der Waals surface area contributed by atoms with Crippen molar-refractivity contribution in [2.24, 2.45) is 0 Å². The predicted octanol–water partition coefficient (Wildman–Crippen LogP) is 3.16. The Morgan fingerprint density at radius 3 is 2.88 bits per heavy atom. The molecule has 84 valence electrons. The van der Waals surface area contributed by atoms with Gasteiger partial charge in [-0.25, -0.2) is 9.97 Å². The van der Waals surface area contributed by atoms with Crippen LogP contribution in [0.3, 0.4) is 0 Å². The third kappa shape index (κ3) is 2.81. The minimum atomic E-state index is 0.169. The van der Waals surface area contributed by atoms with E-state index in [0.29, 0.717) is 17.4 Å². The monoisotopic (exact) mass is 274 g/mol. The molecule has 0 radical (unpaired) electrons. The molecule has 7 heteroatoms. The Balaban J connectivity index is 2.07. The summed E-state index contributed by atoms with van der Waals surface area (Å²) in [6, 6.07) is 0. The molecule has 0 saturated carbocycles. The first-order valence-corrected chi connectivity index (χ1v) is 6.11. The third-order valence-corrected chi connectivity index (χ3v) is 3.21. The molecule has 2 heterocycles. The maximum atomic E-state index is 5.90. The van der Waals surface area contributed by atoms with E-state index in [9.17, 15) is 0 Å². The van der Waals surface area contributed by atoms with Crippen LogP contribution in [0.15, 0.2) is 11.6 Å². The first-order chi connectivity index (χ1) is 7.65. The normalized spacial score (nSPS) is 10.4. The molecular weight excluding hydrogens is 267 g/mol. The van der Waals surface area contributed by atoms with Crippen LogP contribution in [0.4, 0.5) is 5.82 Å². The van der Waals surface area contributed by atoms with E-state index in [2.05, 4.69) is 20.3 Å². The molecule has 4 nitrogen and oxygen atoms in total. The number of nitrogens with zero attached hydrogens (tertiary/aromatic N) is 3. The molecule has 16 heavy (non-hydrogen) atoms. The molecule has 0 saturated heterocycles. The molecule has 0 aliphatic heterocycles. The Kier molecular flexibility index (Phi) is 3.58. The third-order valence-electron chi connectivity index (χ3n) is 1.79. The Hall–Kier alpha value is -0.910. The number of aromatic nitrogens is 3. The van der Waals surface area contributed by atoms with Gasteiger partial charge in [0.05, 0.1) is 12.7 Å². The van der Waals surface area contributed by atoms with Gasteiger partial charge in [0, 0.05) is 11.1 Å². The summed E-state index contributed by atoms with van der Waals surface area (Å²) in [6.45, 7) is 2.53. The summed E-state index contributed by atoms with van der Waals surface area (Å²) in [5.41, 5.74) is 1.01. The molecule has 2 aromatic rings. The van der Waals surface area contributed by atoms with Crippen LogP contribution in [-0.2, 0) is 6.54 Å². The molecule has 2 rings (SSSR count). The lowest BCUT2D eigenvalue weighted by Crippen LogP contribution is -2.02. The maximum Gasteiger partial charge on any atom is 0.224 e. The number of hydrogen-bond donors (Lipinski definition) is 1. The molecule has 0 fully saturated rings. The minimum absolute atomic E-state index is 0.169. The summed E-state index contributed by atoms with van der Waals surface area (Å²) in [5.74, 6) is 0.523. The molecular formula is C9H8Cl2N4S. The topological polar surface area (TPSA) is 50.7 Å². The number of nitrogens with one attached hydrogen (secondary N) is 1. The highest BCUT2D eigenvalue weighted by Gasteiger charge is 2.05. The van der Waals surface area contributed by atoms with Crippen molar-refractivity contribution in [3.8, 4) is 0 Å². The lowest BCUT2D eigenvalue weighted by atomic mass is 10.5. The standard InChI is InChI=1S/C9H8Cl2N4S/c1-5-4-16-7(14-5)3-12-8-6(10)2-13-9(11)15-8/h2,4H,3H2,1H3,(H,12,13,15). The fourth-order valence-corrected chi connectivity index (χ4v) is 2.12. The molecule has 0 unspecified atom stereocenters. The smallest absolute Gasteiger partial charge is 0.224 e. The lowest BCUT2D eigenvalue weighted by molar-refractivity contribution is 1.04. The van der Waals surface area contributed by atoms with E-state index >= 15 is 0 Å². The largest absolute Gasteiger partial charge is 0.362 e. The van der Waals surface area contributed by atoms with Gasteiger partial charge in [-0.2, -0.15) is 4.98 Å². The van der Waals surface area contributed by atoms with Crippen molar-refractivity contribution in [3.63, 3.8) is 0 Å². The molecule has 0 spiro atoms. The molecule has 1 N–H and O–H groups in total. The van der Waals surface area contributed by atoms with Gasteiger partial charge in [0.25, 0.3) is 0 Å². The second kappa shape index (κ2) is 4.95. The molecule has 0 atom stereocenters. The van der Waals surface area contributed by atoms with Gasteiger partial charge >= 0.3 is 0 Å². The zero-order chi connectivity index (χ0) is 11.5. The van der Waals surface area contributed by atoms with Gasteiger partial charge in [-0.3, -0.25) is 0 Å². The van der Waals surface area contributed by atoms with E-state index in [0.717, 1.165) is 10.7 Å².